The molecule has 12 heavy (non-hydrogen) atoms. The standard InChI is InChI=1S/C10H16O2/c11-9-5-3-4-8(9)10(12)6-1-2-7-10/h8,12H,1-7H2. The predicted molar refractivity (Wildman–Crippen MR) is 45.8 cm³/mol. The van der Waals surface area contributed by atoms with Gasteiger partial charge in [0, 0.05) is 12.3 Å². The van der Waals surface area contributed by atoms with Gasteiger partial charge < -0.3 is 5.11 Å². The number of carbonyl (C=O) groups excluding carboxylic acids is 1. The molecule has 0 amide bonds. The lowest BCUT2D eigenvalue weighted by Gasteiger charge is -2.27. The van der Waals surface area contributed by atoms with Crippen LogP contribution in [0.3, 0.4) is 0 Å². The zero-order valence-electron chi connectivity index (χ0n) is 7.38. The van der Waals surface area contributed by atoms with Gasteiger partial charge in [0.25, 0.3) is 0 Å². The number of carbonyl (C=O) groups is 1. The molecule has 0 aromatic heterocycles. The molecule has 0 spiro atoms. The molecule has 2 saturated carbocycles. The summed E-state index contributed by atoms with van der Waals surface area (Å²) in [6.07, 6.45) is 6.52. The lowest BCUT2D eigenvalue weighted by Crippen LogP contribution is -2.37. The third kappa shape index (κ3) is 1.18. The highest BCUT2D eigenvalue weighted by atomic mass is 16.3. The summed E-state index contributed by atoms with van der Waals surface area (Å²) >= 11 is 0. The summed E-state index contributed by atoms with van der Waals surface area (Å²) in [4.78, 5) is 11.4. The van der Waals surface area contributed by atoms with Gasteiger partial charge in [0.15, 0.2) is 0 Å². The highest BCUT2D eigenvalue weighted by molar-refractivity contribution is 5.84. The van der Waals surface area contributed by atoms with E-state index in [4.69, 9.17) is 0 Å². The fourth-order valence-electron chi connectivity index (χ4n) is 2.72. The fraction of sp³-hybridized carbons (Fsp3) is 0.900. The van der Waals surface area contributed by atoms with Crippen LogP contribution in [-0.4, -0.2) is 16.5 Å². The van der Waals surface area contributed by atoms with Crippen molar-refractivity contribution in [3.63, 3.8) is 0 Å². The van der Waals surface area contributed by atoms with Crippen LogP contribution in [0, 0.1) is 5.92 Å². The molecule has 0 radical (unpaired) electrons. The number of rotatable bonds is 1. The Kier molecular flexibility index (Phi) is 1.95. The molecule has 2 aliphatic rings. The van der Waals surface area contributed by atoms with Crippen molar-refractivity contribution in [3.8, 4) is 0 Å². The molecule has 2 rings (SSSR count). The Hall–Kier alpha value is -0.370. The van der Waals surface area contributed by atoms with Gasteiger partial charge in [0.05, 0.1) is 5.60 Å². The van der Waals surface area contributed by atoms with Crippen molar-refractivity contribution in [2.75, 3.05) is 0 Å². The largest absolute Gasteiger partial charge is 0.389 e. The molecule has 0 bridgehead atoms. The quantitative estimate of drug-likeness (QED) is 0.646. The maximum atomic E-state index is 11.4. The number of Topliss-reactive ketones (excluding diaryl/α,β-unsaturated/α-hetero) is 1. The molecule has 2 nitrogen and oxygen atoms in total. The van der Waals surface area contributed by atoms with E-state index in [0.717, 1.165) is 38.5 Å². The van der Waals surface area contributed by atoms with Gasteiger partial charge in [-0.25, -0.2) is 0 Å². The second-order valence-electron chi connectivity index (χ2n) is 4.22. The molecule has 2 aliphatic carbocycles. The summed E-state index contributed by atoms with van der Waals surface area (Å²) in [6.45, 7) is 0. The van der Waals surface area contributed by atoms with Crippen molar-refractivity contribution >= 4 is 5.78 Å². The summed E-state index contributed by atoms with van der Waals surface area (Å²) in [5, 5.41) is 10.1. The van der Waals surface area contributed by atoms with Crippen LogP contribution < -0.4 is 0 Å². The van der Waals surface area contributed by atoms with Crippen molar-refractivity contribution < 1.29 is 9.90 Å². The molecule has 1 atom stereocenters. The van der Waals surface area contributed by atoms with Gasteiger partial charge in [0.2, 0.25) is 0 Å². The monoisotopic (exact) mass is 168 g/mol. The molecule has 0 aromatic rings. The first-order valence-electron chi connectivity index (χ1n) is 4.97. The number of ketones is 1. The summed E-state index contributed by atoms with van der Waals surface area (Å²) in [5.74, 6) is 0.291. The third-order valence-corrected chi connectivity index (χ3v) is 3.42. The van der Waals surface area contributed by atoms with Gasteiger partial charge in [-0.05, 0) is 25.7 Å². The van der Waals surface area contributed by atoms with Crippen LogP contribution in [0.5, 0.6) is 0 Å². The first kappa shape index (κ1) is 8.24. The van der Waals surface area contributed by atoms with Gasteiger partial charge in [-0.15, -0.1) is 0 Å². The van der Waals surface area contributed by atoms with Gasteiger partial charge in [-0.1, -0.05) is 12.8 Å². The predicted octanol–water partition coefficient (Wildman–Crippen LogP) is 1.66. The molecule has 0 saturated heterocycles. The van der Waals surface area contributed by atoms with Crippen LogP contribution >= 0.6 is 0 Å². The van der Waals surface area contributed by atoms with E-state index in [1.165, 1.54) is 0 Å². The van der Waals surface area contributed by atoms with E-state index < -0.39 is 5.60 Å². The van der Waals surface area contributed by atoms with Gasteiger partial charge >= 0.3 is 0 Å². The van der Waals surface area contributed by atoms with Crippen LogP contribution in [0.2, 0.25) is 0 Å². The van der Waals surface area contributed by atoms with Crippen molar-refractivity contribution in [2.24, 2.45) is 5.92 Å². The fourth-order valence-corrected chi connectivity index (χ4v) is 2.72. The van der Waals surface area contributed by atoms with Gasteiger partial charge in [-0.2, -0.15) is 0 Å². The topological polar surface area (TPSA) is 37.3 Å². The lowest BCUT2D eigenvalue weighted by molar-refractivity contribution is -0.128. The number of hydrogen-bond donors (Lipinski definition) is 1. The molecule has 1 N–H and O–H groups in total. The third-order valence-electron chi connectivity index (χ3n) is 3.42. The minimum absolute atomic E-state index is 0.0139. The summed E-state index contributed by atoms with van der Waals surface area (Å²) in [7, 11) is 0. The summed E-state index contributed by atoms with van der Waals surface area (Å²) in [5.41, 5.74) is -0.604. The van der Waals surface area contributed by atoms with Crippen molar-refractivity contribution in [3.05, 3.63) is 0 Å². The van der Waals surface area contributed by atoms with Crippen LogP contribution in [0.25, 0.3) is 0 Å². The molecule has 68 valence electrons. The second-order valence-corrected chi connectivity index (χ2v) is 4.22. The van der Waals surface area contributed by atoms with Crippen LogP contribution in [0.1, 0.15) is 44.9 Å². The normalized spacial score (nSPS) is 34.4. The molecule has 1 unspecified atom stereocenters. The first-order chi connectivity index (χ1) is 5.72. The Morgan fingerprint density at radius 2 is 1.92 bits per heavy atom. The molecule has 2 fully saturated rings. The van der Waals surface area contributed by atoms with Crippen LogP contribution in [-0.2, 0) is 4.79 Å². The highest BCUT2D eigenvalue weighted by Gasteiger charge is 2.44. The van der Waals surface area contributed by atoms with E-state index in [9.17, 15) is 9.90 Å². The van der Waals surface area contributed by atoms with E-state index in [-0.39, 0.29) is 5.92 Å². The summed E-state index contributed by atoms with van der Waals surface area (Å²) < 4.78 is 0. The molecule has 2 heteroatoms. The first-order valence-corrected chi connectivity index (χ1v) is 4.97. The zero-order chi connectivity index (χ0) is 8.60. The number of aliphatic hydroxyl groups is 1. The van der Waals surface area contributed by atoms with Gasteiger partial charge in [0.1, 0.15) is 5.78 Å². The zero-order valence-corrected chi connectivity index (χ0v) is 7.38. The minimum atomic E-state index is -0.604. The van der Waals surface area contributed by atoms with Crippen LogP contribution in [0.4, 0.5) is 0 Å². The lowest BCUT2D eigenvalue weighted by atomic mass is 9.84. The van der Waals surface area contributed by atoms with Crippen molar-refractivity contribution in [1.29, 1.82) is 0 Å². The van der Waals surface area contributed by atoms with Crippen molar-refractivity contribution in [2.45, 2.75) is 50.5 Å². The smallest absolute Gasteiger partial charge is 0.138 e. The molecular formula is C10H16O2. The maximum Gasteiger partial charge on any atom is 0.138 e. The van der Waals surface area contributed by atoms with E-state index in [2.05, 4.69) is 0 Å². The number of hydrogen-bond acceptors (Lipinski definition) is 2. The Morgan fingerprint density at radius 1 is 1.25 bits per heavy atom. The second kappa shape index (κ2) is 2.84. The molecule has 0 aromatic carbocycles. The average Bonchev–Trinajstić information content (AvgIpc) is 2.59. The van der Waals surface area contributed by atoms with Crippen molar-refractivity contribution in [1.82, 2.24) is 0 Å². The summed E-state index contributed by atoms with van der Waals surface area (Å²) in [6, 6.07) is 0. The van der Waals surface area contributed by atoms with E-state index in [0.29, 0.717) is 12.2 Å². The minimum Gasteiger partial charge on any atom is -0.389 e. The molecular weight excluding hydrogens is 152 g/mol. The Labute approximate surface area is 73.0 Å². The molecule has 0 aliphatic heterocycles. The van der Waals surface area contributed by atoms with E-state index in [1.54, 1.807) is 0 Å². The van der Waals surface area contributed by atoms with E-state index in [1.807, 2.05) is 0 Å². The van der Waals surface area contributed by atoms with Crippen LogP contribution in [0.15, 0.2) is 0 Å². The Morgan fingerprint density at radius 3 is 2.42 bits per heavy atom. The van der Waals surface area contributed by atoms with E-state index >= 15 is 0 Å². The maximum absolute atomic E-state index is 11.4. The Bertz CT molecular complexity index is 192. The average molecular weight is 168 g/mol. The highest BCUT2D eigenvalue weighted by Crippen LogP contribution is 2.41. The Balaban J connectivity index is 2.11. The molecule has 0 heterocycles. The van der Waals surface area contributed by atoms with Gasteiger partial charge in [-0.3, -0.25) is 4.79 Å². The SMILES string of the molecule is O=C1CCCC1C1(O)CCCC1.